The van der Waals surface area contributed by atoms with Crippen LogP contribution >= 0.6 is 6.60 Å². The summed E-state index contributed by atoms with van der Waals surface area (Å²) < 4.78 is 0. The topological polar surface area (TPSA) is 17.1 Å². The molecule has 0 unspecified atom stereocenters. The third kappa shape index (κ3) is 7.34. The quantitative estimate of drug-likeness (QED) is 0.150. The fraction of sp³-hybridized carbons (Fsp3) is 0.720. The fourth-order valence-electron chi connectivity index (χ4n) is 4.57. The SMILES string of the molecule is CCCCCCP(C=O)(CCCCCC)(CCCCCC)c1ccccc1. The van der Waals surface area contributed by atoms with Crippen LogP contribution in [0.5, 0.6) is 0 Å². The van der Waals surface area contributed by atoms with Gasteiger partial charge in [-0.2, -0.15) is 0 Å². The second-order valence-corrected chi connectivity index (χ2v) is 14.3. The second-order valence-electron chi connectivity index (χ2n) is 8.62. The van der Waals surface area contributed by atoms with Gasteiger partial charge >= 0.3 is 169 Å². The van der Waals surface area contributed by atoms with Crippen molar-refractivity contribution >= 4 is 17.9 Å². The Bertz CT molecular complexity index is 462. The van der Waals surface area contributed by atoms with Gasteiger partial charge < -0.3 is 0 Å². The Balaban J connectivity index is 3.15. The molecule has 0 aliphatic rings. The molecule has 0 N–H and O–H groups in total. The fourth-order valence-corrected chi connectivity index (χ4v) is 10.5. The normalized spacial score (nSPS) is 13.2. The first-order valence-electron chi connectivity index (χ1n) is 11.7. The van der Waals surface area contributed by atoms with E-state index in [2.05, 4.69) is 51.1 Å². The summed E-state index contributed by atoms with van der Waals surface area (Å²) >= 11 is 0. The molecule has 0 fully saturated rings. The van der Waals surface area contributed by atoms with E-state index in [4.69, 9.17) is 0 Å². The molecule has 0 bridgehead atoms. The number of hydrogen-bond donors (Lipinski definition) is 0. The van der Waals surface area contributed by atoms with E-state index in [1.54, 1.807) is 0 Å². The summed E-state index contributed by atoms with van der Waals surface area (Å²) in [7, 11) is 0. The molecule has 0 saturated heterocycles. The maximum atomic E-state index is 13.0. The summed E-state index contributed by atoms with van der Waals surface area (Å²) in [5.41, 5.74) is 0. The van der Waals surface area contributed by atoms with Gasteiger partial charge in [-0.1, -0.05) is 0 Å². The van der Waals surface area contributed by atoms with E-state index >= 15 is 0 Å². The van der Waals surface area contributed by atoms with Crippen LogP contribution in [0.2, 0.25) is 0 Å². The molecular weight excluding hydrogens is 347 g/mol. The van der Waals surface area contributed by atoms with Gasteiger partial charge in [0.1, 0.15) is 0 Å². The van der Waals surface area contributed by atoms with Gasteiger partial charge in [0, 0.05) is 0 Å². The van der Waals surface area contributed by atoms with Crippen LogP contribution in [0.4, 0.5) is 0 Å². The van der Waals surface area contributed by atoms with Gasteiger partial charge in [-0.25, -0.2) is 0 Å². The predicted octanol–water partition coefficient (Wildman–Crippen LogP) is 7.80. The average Bonchev–Trinajstić information content (AvgIpc) is 2.72. The van der Waals surface area contributed by atoms with Crippen LogP contribution in [0.3, 0.4) is 0 Å². The molecule has 0 saturated carbocycles. The number of hydrogen-bond acceptors (Lipinski definition) is 1. The van der Waals surface area contributed by atoms with Crippen LogP contribution in [-0.4, -0.2) is 24.5 Å². The van der Waals surface area contributed by atoms with Crippen molar-refractivity contribution in [2.75, 3.05) is 18.5 Å². The summed E-state index contributed by atoms with van der Waals surface area (Å²) in [6.45, 7) is 4.28. The summed E-state index contributed by atoms with van der Waals surface area (Å²) in [5.74, 6) is 0. The van der Waals surface area contributed by atoms with Crippen molar-refractivity contribution < 1.29 is 4.79 Å². The van der Waals surface area contributed by atoms with Crippen LogP contribution in [0.1, 0.15) is 97.8 Å². The first-order chi connectivity index (χ1) is 13.2. The van der Waals surface area contributed by atoms with Gasteiger partial charge in [-0.3, -0.25) is 0 Å². The van der Waals surface area contributed by atoms with Gasteiger partial charge in [-0.05, 0) is 0 Å². The van der Waals surface area contributed by atoms with Crippen LogP contribution in [-0.2, 0) is 4.79 Å². The third-order valence-corrected chi connectivity index (χ3v) is 13.0. The van der Waals surface area contributed by atoms with Gasteiger partial charge in [0.05, 0.1) is 0 Å². The van der Waals surface area contributed by atoms with Crippen molar-refractivity contribution in [3.8, 4) is 0 Å². The molecule has 0 aliphatic carbocycles. The molecule has 156 valence electrons. The van der Waals surface area contributed by atoms with Gasteiger partial charge in [-0.15, -0.1) is 0 Å². The Kier molecular flexibility index (Phi) is 12.2. The summed E-state index contributed by atoms with van der Waals surface area (Å²) in [6, 6.07) is 12.5. The van der Waals surface area contributed by atoms with E-state index < -0.39 is 6.60 Å². The number of benzene rings is 1. The van der Waals surface area contributed by atoms with Gasteiger partial charge in [0.25, 0.3) is 0 Å². The van der Waals surface area contributed by atoms with Gasteiger partial charge in [0.15, 0.2) is 0 Å². The van der Waals surface area contributed by atoms with E-state index in [0.717, 1.165) is 18.5 Å². The van der Waals surface area contributed by atoms with Crippen LogP contribution < -0.4 is 5.30 Å². The molecule has 0 amide bonds. The van der Waals surface area contributed by atoms with E-state index in [1.807, 2.05) is 0 Å². The maximum absolute atomic E-state index is 13.0. The molecule has 2 heteroatoms. The van der Waals surface area contributed by atoms with E-state index in [1.165, 1.54) is 88.4 Å². The first-order valence-corrected chi connectivity index (χ1v) is 14.6. The summed E-state index contributed by atoms with van der Waals surface area (Å²) in [6.07, 6.45) is 18.6. The van der Waals surface area contributed by atoms with Crippen LogP contribution in [0, 0.1) is 0 Å². The number of carbonyl (C=O) groups excluding carboxylic acids is 1. The molecule has 0 atom stereocenters. The molecule has 0 aromatic heterocycles. The van der Waals surface area contributed by atoms with Crippen LogP contribution in [0.25, 0.3) is 0 Å². The van der Waals surface area contributed by atoms with Crippen molar-refractivity contribution in [1.82, 2.24) is 0 Å². The molecule has 27 heavy (non-hydrogen) atoms. The number of carbonyl (C=O) groups is 1. The van der Waals surface area contributed by atoms with Crippen molar-refractivity contribution in [2.45, 2.75) is 97.8 Å². The minimum atomic E-state index is -2.53. The third-order valence-electron chi connectivity index (χ3n) is 6.44. The van der Waals surface area contributed by atoms with Crippen LogP contribution in [0.15, 0.2) is 30.3 Å². The van der Waals surface area contributed by atoms with Crippen molar-refractivity contribution in [3.63, 3.8) is 0 Å². The summed E-state index contributed by atoms with van der Waals surface area (Å²) in [4.78, 5) is 13.0. The molecule has 1 nitrogen and oxygen atoms in total. The molecule has 0 radical (unpaired) electrons. The first kappa shape index (κ1) is 24.4. The van der Waals surface area contributed by atoms with Crippen molar-refractivity contribution in [3.05, 3.63) is 30.3 Å². The monoisotopic (exact) mass is 392 g/mol. The zero-order chi connectivity index (χ0) is 19.9. The molecule has 1 aromatic rings. The van der Waals surface area contributed by atoms with E-state index in [0.29, 0.717) is 0 Å². The molecule has 1 aromatic carbocycles. The predicted molar refractivity (Wildman–Crippen MR) is 127 cm³/mol. The summed E-state index contributed by atoms with van der Waals surface area (Å²) in [5, 5.41) is 1.41. The Morgan fingerprint density at radius 3 is 1.37 bits per heavy atom. The van der Waals surface area contributed by atoms with Crippen molar-refractivity contribution in [2.24, 2.45) is 0 Å². The number of rotatable bonds is 17. The zero-order valence-electron chi connectivity index (χ0n) is 18.4. The van der Waals surface area contributed by atoms with Gasteiger partial charge in [0.2, 0.25) is 0 Å². The van der Waals surface area contributed by atoms with E-state index in [9.17, 15) is 4.79 Å². The standard InChI is InChI=1S/C25H45OP/c1-4-7-10-16-21-27(24-26,22-17-11-8-5-2,23-18-12-9-6-3)25-19-14-13-15-20-25/h13-15,19-20,24H,4-12,16-18,21-23H2,1-3H3. The minimum absolute atomic E-state index is 1.15. The van der Waals surface area contributed by atoms with E-state index in [-0.39, 0.29) is 0 Å². The Morgan fingerprint density at radius 1 is 0.630 bits per heavy atom. The average molecular weight is 393 g/mol. The number of unbranched alkanes of at least 4 members (excludes halogenated alkanes) is 9. The van der Waals surface area contributed by atoms with Crippen molar-refractivity contribution in [1.29, 1.82) is 0 Å². The molecule has 0 spiro atoms. The molecule has 0 aliphatic heterocycles. The Labute approximate surface area is 169 Å². The Hall–Kier alpha value is -0.680. The zero-order valence-corrected chi connectivity index (χ0v) is 19.3. The molecular formula is C25H45OP. The molecule has 0 heterocycles. The Morgan fingerprint density at radius 2 is 1.04 bits per heavy atom. The molecule has 1 rings (SSSR count). The second kappa shape index (κ2) is 13.5.